The molecule has 130 valence electrons. The smallest absolute Gasteiger partial charge is 0.231 e. The highest BCUT2D eigenvalue weighted by Crippen LogP contribution is 2.46. The number of carbonyl (C=O) groups excluding carboxylic acids is 1. The van der Waals surface area contributed by atoms with Gasteiger partial charge in [-0.15, -0.1) is 0 Å². The third-order valence-electron chi connectivity index (χ3n) is 5.03. The van der Waals surface area contributed by atoms with E-state index in [-0.39, 0.29) is 5.78 Å². The quantitative estimate of drug-likeness (QED) is 0.864. The summed E-state index contributed by atoms with van der Waals surface area (Å²) >= 11 is 0. The summed E-state index contributed by atoms with van der Waals surface area (Å²) in [5, 5.41) is 16.6. The van der Waals surface area contributed by atoms with Gasteiger partial charge in [0.1, 0.15) is 12.1 Å². The van der Waals surface area contributed by atoms with Gasteiger partial charge in [0.25, 0.3) is 0 Å². The fourth-order valence-electron chi connectivity index (χ4n) is 3.86. The van der Waals surface area contributed by atoms with Gasteiger partial charge in [-0.25, -0.2) is 5.10 Å². The van der Waals surface area contributed by atoms with E-state index in [4.69, 9.17) is 5.73 Å². The molecule has 7 nitrogen and oxygen atoms in total. The summed E-state index contributed by atoms with van der Waals surface area (Å²) in [6.07, 6.45) is 3.30. The van der Waals surface area contributed by atoms with Crippen LogP contribution in [0.5, 0.6) is 0 Å². The molecule has 1 aliphatic heterocycles. The standard InChI is InChI=1S/C19H18N6O/c1-11-5-2-3-6-12(11)16-13(9-20)18(21)25(19-22-10-23-24-19)14-7-4-8-15(26)17(14)16/h2-3,5-6,10,16H,4,7-8,21H2,1H3,(H,22,23,24)/t16-/m1/s1. The number of ketones is 1. The number of Topliss-reactive ketones (excluding diaryl/α,β-unsaturated/α-hetero) is 1. The second-order valence-corrected chi connectivity index (χ2v) is 6.48. The number of allylic oxidation sites excluding steroid dienone is 3. The molecular formula is C19H18N6O. The van der Waals surface area contributed by atoms with Gasteiger partial charge in [0.2, 0.25) is 5.95 Å². The lowest BCUT2D eigenvalue weighted by atomic mass is 9.74. The third kappa shape index (κ3) is 2.30. The normalized spacial score (nSPS) is 20.2. The van der Waals surface area contributed by atoms with Crippen molar-refractivity contribution < 1.29 is 4.79 Å². The van der Waals surface area contributed by atoms with Gasteiger partial charge in [0.15, 0.2) is 5.78 Å². The molecular weight excluding hydrogens is 328 g/mol. The number of hydrogen-bond donors (Lipinski definition) is 2. The van der Waals surface area contributed by atoms with Gasteiger partial charge >= 0.3 is 0 Å². The number of aromatic nitrogens is 3. The van der Waals surface area contributed by atoms with Crippen molar-refractivity contribution in [3.05, 3.63) is 64.4 Å². The molecule has 1 aromatic heterocycles. The summed E-state index contributed by atoms with van der Waals surface area (Å²) in [7, 11) is 0. The Hall–Kier alpha value is -3.40. The molecule has 0 bridgehead atoms. The summed E-state index contributed by atoms with van der Waals surface area (Å²) in [5.74, 6) is 0.332. The number of H-pyrrole nitrogens is 1. The number of nitrogens with two attached hydrogens (primary N) is 1. The number of nitriles is 1. The maximum atomic E-state index is 12.9. The predicted molar refractivity (Wildman–Crippen MR) is 95.5 cm³/mol. The first-order chi connectivity index (χ1) is 12.6. The number of benzene rings is 1. The van der Waals surface area contributed by atoms with Crippen LogP contribution in [0, 0.1) is 18.3 Å². The average Bonchev–Trinajstić information content (AvgIpc) is 3.15. The van der Waals surface area contributed by atoms with Crippen LogP contribution in [0.1, 0.15) is 36.3 Å². The Morgan fingerprint density at radius 2 is 2.15 bits per heavy atom. The molecule has 0 radical (unpaired) electrons. The third-order valence-corrected chi connectivity index (χ3v) is 5.03. The molecule has 4 rings (SSSR count). The maximum absolute atomic E-state index is 12.9. The minimum absolute atomic E-state index is 0.0595. The summed E-state index contributed by atoms with van der Waals surface area (Å²) < 4.78 is 0. The van der Waals surface area contributed by atoms with Crippen LogP contribution in [-0.2, 0) is 4.79 Å². The SMILES string of the molecule is Cc1ccccc1[C@@H]1C(C#N)=C(N)N(c2ncn[nH]2)C2=C1C(=O)CCC2. The molecule has 2 heterocycles. The van der Waals surface area contributed by atoms with Gasteiger partial charge in [-0.1, -0.05) is 24.3 Å². The molecule has 0 saturated heterocycles. The van der Waals surface area contributed by atoms with E-state index >= 15 is 0 Å². The van der Waals surface area contributed by atoms with Crippen molar-refractivity contribution in [3.8, 4) is 6.07 Å². The van der Waals surface area contributed by atoms with Crippen LogP contribution in [0.3, 0.4) is 0 Å². The zero-order chi connectivity index (χ0) is 18.3. The van der Waals surface area contributed by atoms with Crippen LogP contribution in [0.25, 0.3) is 0 Å². The van der Waals surface area contributed by atoms with Gasteiger partial charge in [0.05, 0.1) is 17.6 Å². The summed E-state index contributed by atoms with van der Waals surface area (Å²) in [4.78, 5) is 18.8. The minimum atomic E-state index is -0.442. The Balaban J connectivity index is 2.00. The van der Waals surface area contributed by atoms with E-state index in [2.05, 4.69) is 21.3 Å². The van der Waals surface area contributed by atoms with Crippen molar-refractivity contribution in [2.45, 2.75) is 32.1 Å². The van der Waals surface area contributed by atoms with Crippen LogP contribution in [0.2, 0.25) is 0 Å². The monoisotopic (exact) mass is 346 g/mol. The molecule has 0 saturated carbocycles. The molecule has 2 aliphatic rings. The second kappa shape index (κ2) is 6.15. The number of aryl methyl sites for hydroxylation is 1. The lowest BCUT2D eigenvalue weighted by Gasteiger charge is -2.38. The van der Waals surface area contributed by atoms with Crippen molar-refractivity contribution in [3.63, 3.8) is 0 Å². The molecule has 0 spiro atoms. The number of hydrogen-bond acceptors (Lipinski definition) is 6. The summed E-state index contributed by atoms with van der Waals surface area (Å²) in [6.45, 7) is 1.98. The van der Waals surface area contributed by atoms with Gasteiger partial charge < -0.3 is 5.73 Å². The first kappa shape index (κ1) is 16.1. The fourth-order valence-corrected chi connectivity index (χ4v) is 3.86. The van der Waals surface area contributed by atoms with Gasteiger partial charge in [-0.3, -0.25) is 9.69 Å². The fraction of sp³-hybridized carbons (Fsp3) is 0.263. The molecule has 2 aromatic rings. The Labute approximate surface area is 150 Å². The molecule has 26 heavy (non-hydrogen) atoms. The van der Waals surface area contributed by atoms with Crippen molar-refractivity contribution in [2.24, 2.45) is 5.73 Å². The number of nitrogens with one attached hydrogen (secondary N) is 1. The minimum Gasteiger partial charge on any atom is -0.384 e. The van der Waals surface area contributed by atoms with Crippen molar-refractivity contribution in [2.75, 3.05) is 4.90 Å². The Kier molecular flexibility index (Phi) is 3.81. The zero-order valence-corrected chi connectivity index (χ0v) is 14.4. The molecule has 0 amide bonds. The van der Waals surface area contributed by atoms with E-state index < -0.39 is 5.92 Å². The van der Waals surface area contributed by atoms with Gasteiger partial charge in [-0.2, -0.15) is 15.3 Å². The average molecular weight is 346 g/mol. The van der Waals surface area contributed by atoms with E-state index in [1.54, 1.807) is 4.90 Å². The van der Waals surface area contributed by atoms with E-state index in [0.29, 0.717) is 35.8 Å². The highest BCUT2D eigenvalue weighted by Gasteiger charge is 2.41. The highest BCUT2D eigenvalue weighted by atomic mass is 16.1. The van der Waals surface area contributed by atoms with E-state index in [9.17, 15) is 10.1 Å². The number of rotatable bonds is 2. The highest BCUT2D eigenvalue weighted by molar-refractivity contribution is 6.01. The first-order valence-electron chi connectivity index (χ1n) is 8.50. The molecule has 1 atom stereocenters. The van der Waals surface area contributed by atoms with Crippen molar-refractivity contribution in [1.82, 2.24) is 15.2 Å². The van der Waals surface area contributed by atoms with Gasteiger partial charge in [-0.05, 0) is 30.9 Å². The molecule has 0 unspecified atom stereocenters. The Morgan fingerprint density at radius 3 is 2.85 bits per heavy atom. The van der Waals surface area contributed by atoms with Crippen LogP contribution in [-0.4, -0.2) is 21.0 Å². The van der Waals surface area contributed by atoms with Crippen molar-refractivity contribution >= 4 is 11.7 Å². The maximum Gasteiger partial charge on any atom is 0.231 e. The van der Waals surface area contributed by atoms with Crippen LogP contribution >= 0.6 is 0 Å². The number of aromatic amines is 1. The topological polar surface area (TPSA) is 112 Å². The zero-order valence-electron chi connectivity index (χ0n) is 14.4. The Morgan fingerprint density at radius 1 is 1.35 bits per heavy atom. The Bertz CT molecular complexity index is 980. The molecule has 1 aromatic carbocycles. The lowest BCUT2D eigenvalue weighted by Crippen LogP contribution is -2.39. The first-order valence-corrected chi connectivity index (χ1v) is 8.50. The lowest BCUT2D eigenvalue weighted by molar-refractivity contribution is -0.116. The van der Waals surface area contributed by atoms with E-state index in [1.807, 2.05) is 31.2 Å². The number of carbonyl (C=O) groups is 1. The number of anilines is 1. The van der Waals surface area contributed by atoms with Crippen molar-refractivity contribution in [1.29, 1.82) is 5.26 Å². The molecule has 1 aliphatic carbocycles. The summed E-state index contributed by atoms with van der Waals surface area (Å²) in [6, 6.07) is 10.0. The van der Waals surface area contributed by atoms with E-state index in [0.717, 1.165) is 23.2 Å². The molecule has 3 N–H and O–H groups in total. The van der Waals surface area contributed by atoms with Crippen LogP contribution in [0.15, 0.2) is 53.3 Å². The van der Waals surface area contributed by atoms with Crippen LogP contribution in [0.4, 0.5) is 5.95 Å². The predicted octanol–water partition coefficient (Wildman–Crippen LogP) is 2.42. The van der Waals surface area contributed by atoms with E-state index in [1.165, 1.54) is 6.33 Å². The molecule has 7 heteroatoms. The summed E-state index contributed by atoms with van der Waals surface area (Å²) in [5.41, 5.74) is 10.2. The largest absolute Gasteiger partial charge is 0.384 e. The van der Waals surface area contributed by atoms with Crippen LogP contribution < -0.4 is 10.6 Å². The second-order valence-electron chi connectivity index (χ2n) is 6.48. The number of nitrogens with zero attached hydrogens (tertiary/aromatic N) is 4. The molecule has 0 fully saturated rings. The van der Waals surface area contributed by atoms with Gasteiger partial charge in [0, 0.05) is 17.7 Å².